The van der Waals surface area contributed by atoms with Crippen molar-refractivity contribution in [2.45, 2.75) is 46.1 Å². The Hall–Kier alpha value is -2.62. The van der Waals surface area contributed by atoms with Crippen LogP contribution in [0.4, 0.5) is 5.69 Å². The van der Waals surface area contributed by atoms with Crippen LogP contribution in [0.5, 0.6) is 0 Å². The summed E-state index contributed by atoms with van der Waals surface area (Å²) in [5.41, 5.74) is 3.70. The van der Waals surface area contributed by atoms with Gasteiger partial charge in [-0.25, -0.2) is 0 Å². The molecule has 0 saturated carbocycles. The summed E-state index contributed by atoms with van der Waals surface area (Å²) in [5, 5.41) is 0. The zero-order valence-electron chi connectivity index (χ0n) is 16.3. The summed E-state index contributed by atoms with van der Waals surface area (Å²) < 4.78 is 0. The van der Waals surface area contributed by atoms with Crippen molar-refractivity contribution in [2.24, 2.45) is 0 Å². The topological polar surface area (TPSA) is 40.6 Å². The molecule has 27 heavy (non-hydrogen) atoms. The first-order valence-electron chi connectivity index (χ1n) is 9.79. The Morgan fingerprint density at radius 3 is 2.26 bits per heavy atom. The quantitative estimate of drug-likeness (QED) is 0.744. The molecule has 1 heterocycles. The Morgan fingerprint density at radius 1 is 0.852 bits per heavy atom. The summed E-state index contributed by atoms with van der Waals surface area (Å²) in [4.78, 5) is 29.3. The maximum absolute atomic E-state index is 13.2. The van der Waals surface area contributed by atoms with Crippen LogP contribution in [0.15, 0.2) is 48.5 Å². The van der Waals surface area contributed by atoms with Gasteiger partial charge in [0.05, 0.1) is 0 Å². The lowest BCUT2D eigenvalue weighted by molar-refractivity contribution is -0.116. The van der Waals surface area contributed by atoms with E-state index >= 15 is 0 Å². The lowest BCUT2D eigenvalue weighted by Gasteiger charge is -2.27. The maximum atomic E-state index is 13.2. The van der Waals surface area contributed by atoms with Crippen molar-refractivity contribution in [1.82, 2.24) is 4.90 Å². The highest BCUT2D eigenvalue weighted by atomic mass is 16.2. The molecule has 1 aliphatic heterocycles. The molecule has 0 bridgehead atoms. The Kier molecular flexibility index (Phi) is 6.28. The molecule has 0 atom stereocenters. The number of benzene rings is 2. The minimum atomic E-state index is 0.0541. The molecule has 4 nitrogen and oxygen atoms in total. The average molecular weight is 364 g/mol. The third kappa shape index (κ3) is 4.57. The number of rotatable bonds is 1. The fourth-order valence-electron chi connectivity index (χ4n) is 3.72. The fraction of sp³-hybridized carbons (Fsp3) is 0.391. The molecular formula is C23H28N2O2. The molecule has 0 fully saturated rings. The first-order valence-corrected chi connectivity index (χ1v) is 9.79. The van der Waals surface area contributed by atoms with Crippen molar-refractivity contribution in [3.05, 3.63) is 65.2 Å². The molecule has 0 saturated heterocycles. The Bertz CT molecular complexity index is 816. The van der Waals surface area contributed by atoms with E-state index in [2.05, 4.69) is 0 Å². The smallest absolute Gasteiger partial charge is 0.254 e. The van der Waals surface area contributed by atoms with Crippen LogP contribution in [-0.2, 0) is 11.3 Å². The highest BCUT2D eigenvalue weighted by Gasteiger charge is 2.22. The van der Waals surface area contributed by atoms with Gasteiger partial charge >= 0.3 is 0 Å². The lowest BCUT2D eigenvalue weighted by atomic mass is 10.1. The molecule has 0 aliphatic carbocycles. The number of nitrogens with zero attached hydrogens (tertiary/aromatic N) is 2. The zero-order valence-corrected chi connectivity index (χ0v) is 16.3. The number of amides is 2. The van der Waals surface area contributed by atoms with Gasteiger partial charge in [0.2, 0.25) is 5.91 Å². The van der Waals surface area contributed by atoms with E-state index in [1.54, 1.807) is 6.92 Å². The SMILES string of the molecule is CC(=O)N1CCCCCCN(C(=O)c2ccccc2C)Cc2ccccc21. The predicted octanol–water partition coefficient (Wildman–Crippen LogP) is 4.56. The number of fused-ring (bicyclic) bond motifs is 1. The second-order valence-electron chi connectivity index (χ2n) is 7.26. The van der Waals surface area contributed by atoms with E-state index < -0.39 is 0 Å². The van der Waals surface area contributed by atoms with E-state index in [1.165, 1.54) is 0 Å². The molecule has 0 unspecified atom stereocenters. The van der Waals surface area contributed by atoms with Crippen LogP contribution >= 0.6 is 0 Å². The number of aryl methyl sites for hydroxylation is 1. The van der Waals surface area contributed by atoms with E-state index in [1.807, 2.05) is 65.3 Å². The van der Waals surface area contributed by atoms with Gasteiger partial charge in [0.15, 0.2) is 0 Å². The first kappa shape index (κ1) is 19.2. The van der Waals surface area contributed by atoms with Crippen LogP contribution in [0.2, 0.25) is 0 Å². The van der Waals surface area contributed by atoms with Gasteiger partial charge in [-0.05, 0) is 43.0 Å². The van der Waals surface area contributed by atoms with Gasteiger partial charge in [-0.2, -0.15) is 0 Å². The van der Waals surface area contributed by atoms with Crippen molar-refractivity contribution >= 4 is 17.5 Å². The molecule has 2 aromatic rings. The number of carbonyl (C=O) groups excluding carboxylic acids is 2. The molecule has 0 spiro atoms. The molecule has 1 aliphatic rings. The van der Waals surface area contributed by atoms with Crippen LogP contribution in [0.3, 0.4) is 0 Å². The van der Waals surface area contributed by atoms with E-state index in [-0.39, 0.29) is 11.8 Å². The number of hydrogen-bond donors (Lipinski definition) is 0. The molecule has 0 aromatic heterocycles. The van der Waals surface area contributed by atoms with Crippen molar-refractivity contribution in [3.8, 4) is 0 Å². The molecule has 4 heteroatoms. The number of para-hydroxylation sites is 1. The second-order valence-corrected chi connectivity index (χ2v) is 7.26. The number of anilines is 1. The fourth-order valence-corrected chi connectivity index (χ4v) is 3.72. The highest BCUT2D eigenvalue weighted by Crippen LogP contribution is 2.25. The molecule has 0 N–H and O–H groups in total. The standard InChI is InChI=1S/C23H28N2O2/c1-18-11-5-7-13-21(18)23(27)24-15-9-3-4-10-16-25(19(2)26)22-14-8-6-12-20(22)17-24/h5-8,11-14H,3-4,9-10,15-17H2,1-2H3. The monoisotopic (exact) mass is 364 g/mol. The summed E-state index contributed by atoms with van der Waals surface area (Å²) in [5.74, 6) is 0.120. The van der Waals surface area contributed by atoms with Crippen molar-refractivity contribution in [1.29, 1.82) is 0 Å². The van der Waals surface area contributed by atoms with Crippen LogP contribution in [0.25, 0.3) is 0 Å². The highest BCUT2D eigenvalue weighted by molar-refractivity contribution is 5.96. The van der Waals surface area contributed by atoms with Crippen molar-refractivity contribution in [2.75, 3.05) is 18.0 Å². The van der Waals surface area contributed by atoms with Gasteiger partial charge in [0.1, 0.15) is 0 Å². The maximum Gasteiger partial charge on any atom is 0.254 e. The van der Waals surface area contributed by atoms with Crippen LogP contribution in [0.1, 0.15) is 54.1 Å². The molecule has 142 valence electrons. The molecule has 3 rings (SSSR count). The van der Waals surface area contributed by atoms with Gasteiger partial charge in [-0.15, -0.1) is 0 Å². The minimum Gasteiger partial charge on any atom is -0.334 e. The average Bonchev–Trinajstić information content (AvgIpc) is 2.70. The van der Waals surface area contributed by atoms with Crippen LogP contribution in [0, 0.1) is 6.92 Å². The van der Waals surface area contributed by atoms with Crippen molar-refractivity contribution in [3.63, 3.8) is 0 Å². The normalized spacial score (nSPS) is 15.6. The second kappa shape index (κ2) is 8.85. The van der Waals surface area contributed by atoms with Gasteiger partial charge in [-0.3, -0.25) is 9.59 Å². The van der Waals surface area contributed by atoms with Gasteiger partial charge in [0, 0.05) is 37.8 Å². The summed E-state index contributed by atoms with van der Waals surface area (Å²) in [6.45, 7) is 5.59. The predicted molar refractivity (Wildman–Crippen MR) is 109 cm³/mol. The molecule has 2 amide bonds. The minimum absolute atomic E-state index is 0.0541. The lowest BCUT2D eigenvalue weighted by Crippen LogP contribution is -2.34. The Balaban J connectivity index is 1.96. The van der Waals surface area contributed by atoms with E-state index in [4.69, 9.17) is 0 Å². The first-order chi connectivity index (χ1) is 13.1. The molecular weight excluding hydrogens is 336 g/mol. The molecule has 0 radical (unpaired) electrons. The van der Waals surface area contributed by atoms with Gasteiger partial charge < -0.3 is 9.80 Å². The van der Waals surface area contributed by atoms with E-state index in [0.29, 0.717) is 6.54 Å². The summed E-state index contributed by atoms with van der Waals surface area (Å²) in [7, 11) is 0. The third-order valence-corrected chi connectivity index (χ3v) is 5.25. The van der Waals surface area contributed by atoms with Gasteiger partial charge in [-0.1, -0.05) is 49.2 Å². The number of hydrogen-bond acceptors (Lipinski definition) is 2. The third-order valence-electron chi connectivity index (χ3n) is 5.25. The van der Waals surface area contributed by atoms with Crippen LogP contribution in [-0.4, -0.2) is 29.8 Å². The van der Waals surface area contributed by atoms with Crippen molar-refractivity contribution < 1.29 is 9.59 Å². The van der Waals surface area contributed by atoms with Crippen LogP contribution < -0.4 is 4.90 Å². The Morgan fingerprint density at radius 2 is 1.52 bits per heavy atom. The Labute approximate surface area is 161 Å². The number of carbonyl (C=O) groups is 2. The summed E-state index contributed by atoms with van der Waals surface area (Å²) in [6, 6.07) is 15.7. The summed E-state index contributed by atoms with van der Waals surface area (Å²) in [6.07, 6.45) is 4.11. The van der Waals surface area contributed by atoms with Gasteiger partial charge in [0.25, 0.3) is 5.91 Å². The largest absolute Gasteiger partial charge is 0.334 e. The van der Waals surface area contributed by atoms with E-state index in [9.17, 15) is 9.59 Å². The molecule has 2 aromatic carbocycles. The van der Waals surface area contributed by atoms with E-state index in [0.717, 1.165) is 61.2 Å². The zero-order chi connectivity index (χ0) is 19.2. The summed E-state index contributed by atoms with van der Waals surface area (Å²) >= 11 is 0.